The van der Waals surface area contributed by atoms with Crippen LogP contribution in [0.2, 0.25) is 0 Å². The Morgan fingerprint density at radius 1 is 1.00 bits per heavy atom. The van der Waals surface area contributed by atoms with Gasteiger partial charge in [0, 0.05) is 12.2 Å². The summed E-state index contributed by atoms with van der Waals surface area (Å²) >= 11 is 1.35. The van der Waals surface area contributed by atoms with Crippen LogP contribution in [0.3, 0.4) is 0 Å². The van der Waals surface area contributed by atoms with Crippen LogP contribution in [0.15, 0.2) is 47.6 Å². The van der Waals surface area contributed by atoms with Crippen LogP contribution in [0.1, 0.15) is 30.8 Å². The van der Waals surface area contributed by atoms with Crippen LogP contribution in [0.5, 0.6) is 11.5 Å². The average Bonchev–Trinajstić information content (AvgIpc) is 3.15. The highest BCUT2D eigenvalue weighted by Crippen LogP contribution is 2.29. The maximum Gasteiger partial charge on any atom is 0.234 e. The van der Waals surface area contributed by atoms with E-state index in [0.717, 1.165) is 16.8 Å². The fourth-order valence-corrected chi connectivity index (χ4v) is 3.78. The first kappa shape index (κ1) is 22.7. The average molecular weight is 441 g/mol. The standard InChI is InChI=1S/C23H28N4O3S/c1-5-27-21(14-30-19-12-9-17(4)13-20(19)29-6-2)25-26-23(27)31-15-22(28)24-18-10-7-16(3)8-11-18/h7-13H,5-6,14-15H2,1-4H3,(H,24,28). The summed E-state index contributed by atoms with van der Waals surface area (Å²) in [5.41, 5.74) is 3.04. The minimum atomic E-state index is -0.0849. The number of carbonyl (C=O) groups is 1. The third-order valence-electron chi connectivity index (χ3n) is 4.53. The highest BCUT2D eigenvalue weighted by atomic mass is 32.2. The van der Waals surface area contributed by atoms with E-state index in [4.69, 9.17) is 9.47 Å². The molecule has 0 unspecified atom stereocenters. The SMILES string of the molecule is CCOc1cc(C)ccc1OCc1nnc(SCC(=O)Nc2ccc(C)cc2)n1CC. The third-order valence-corrected chi connectivity index (χ3v) is 5.50. The van der Waals surface area contributed by atoms with Gasteiger partial charge >= 0.3 is 0 Å². The van der Waals surface area contributed by atoms with Crippen molar-refractivity contribution in [2.75, 3.05) is 17.7 Å². The molecular formula is C23H28N4O3S. The summed E-state index contributed by atoms with van der Waals surface area (Å²) in [5, 5.41) is 12.1. The molecule has 1 N–H and O–H groups in total. The molecule has 164 valence electrons. The number of rotatable bonds is 10. The van der Waals surface area contributed by atoms with Crippen molar-refractivity contribution in [2.45, 2.75) is 46.0 Å². The Morgan fingerprint density at radius 3 is 2.45 bits per heavy atom. The predicted molar refractivity (Wildman–Crippen MR) is 123 cm³/mol. The molecule has 1 amide bonds. The largest absolute Gasteiger partial charge is 0.490 e. The van der Waals surface area contributed by atoms with Crippen molar-refractivity contribution in [3.8, 4) is 11.5 Å². The van der Waals surface area contributed by atoms with Gasteiger partial charge in [0.25, 0.3) is 0 Å². The highest BCUT2D eigenvalue weighted by molar-refractivity contribution is 7.99. The molecule has 7 nitrogen and oxygen atoms in total. The van der Waals surface area contributed by atoms with E-state index in [-0.39, 0.29) is 18.3 Å². The van der Waals surface area contributed by atoms with Gasteiger partial charge in [-0.1, -0.05) is 35.5 Å². The zero-order valence-electron chi connectivity index (χ0n) is 18.3. The van der Waals surface area contributed by atoms with Crippen LogP contribution in [-0.4, -0.2) is 33.0 Å². The van der Waals surface area contributed by atoms with Crippen LogP contribution in [0.25, 0.3) is 0 Å². The minimum absolute atomic E-state index is 0.0849. The Labute approximate surface area is 187 Å². The van der Waals surface area contributed by atoms with Gasteiger partial charge in [-0.15, -0.1) is 10.2 Å². The summed E-state index contributed by atoms with van der Waals surface area (Å²) in [6, 6.07) is 13.6. The summed E-state index contributed by atoms with van der Waals surface area (Å²) in [4.78, 5) is 12.3. The summed E-state index contributed by atoms with van der Waals surface area (Å²) in [7, 11) is 0. The second-order valence-electron chi connectivity index (χ2n) is 7.02. The molecule has 0 aliphatic rings. The first-order chi connectivity index (χ1) is 15.0. The lowest BCUT2D eigenvalue weighted by Gasteiger charge is -2.13. The van der Waals surface area contributed by atoms with Gasteiger partial charge < -0.3 is 19.4 Å². The van der Waals surface area contributed by atoms with Gasteiger partial charge in [0.1, 0.15) is 6.61 Å². The van der Waals surface area contributed by atoms with Crippen LogP contribution in [-0.2, 0) is 17.9 Å². The van der Waals surface area contributed by atoms with Crippen LogP contribution >= 0.6 is 11.8 Å². The first-order valence-corrected chi connectivity index (χ1v) is 11.3. The molecule has 0 radical (unpaired) electrons. The monoisotopic (exact) mass is 440 g/mol. The Bertz CT molecular complexity index is 1020. The van der Waals surface area contributed by atoms with Crippen molar-refractivity contribution >= 4 is 23.4 Å². The molecule has 1 heterocycles. The van der Waals surface area contributed by atoms with E-state index in [9.17, 15) is 4.79 Å². The maximum absolute atomic E-state index is 12.3. The first-order valence-electron chi connectivity index (χ1n) is 10.3. The van der Waals surface area contributed by atoms with E-state index < -0.39 is 0 Å². The maximum atomic E-state index is 12.3. The van der Waals surface area contributed by atoms with Crippen LogP contribution in [0.4, 0.5) is 5.69 Å². The summed E-state index contributed by atoms with van der Waals surface area (Å²) in [6.07, 6.45) is 0. The van der Waals surface area contributed by atoms with Crippen molar-refractivity contribution in [1.29, 1.82) is 0 Å². The molecule has 0 bridgehead atoms. The van der Waals surface area contributed by atoms with E-state index in [1.165, 1.54) is 11.8 Å². The Hall–Kier alpha value is -3.00. The molecule has 8 heteroatoms. The number of thioether (sulfide) groups is 1. The zero-order chi connectivity index (χ0) is 22.2. The molecule has 0 fully saturated rings. The molecule has 0 atom stereocenters. The number of aryl methyl sites for hydroxylation is 2. The number of amides is 1. The third kappa shape index (κ3) is 6.24. The van der Waals surface area contributed by atoms with Gasteiger partial charge in [-0.2, -0.15) is 0 Å². The van der Waals surface area contributed by atoms with Crippen molar-refractivity contribution in [3.05, 3.63) is 59.4 Å². The summed E-state index contributed by atoms with van der Waals surface area (Å²) in [5.74, 6) is 2.25. The number of hydrogen-bond donors (Lipinski definition) is 1. The van der Waals surface area contributed by atoms with Gasteiger partial charge in [-0.3, -0.25) is 4.79 Å². The molecule has 31 heavy (non-hydrogen) atoms. The number of aromatic nitrogens is 3. The smallest absolute Gasteiger partial charge is 0.234 e. The number of nitrogens with one attached hydrogen (secondary N) is 1. The molecule has 2 aromatic carbocycles. The van der Waals surface area contributed by atoms with E-state index in [2.05, 4.69) is 15.5 Å². The molecule has 0 saturated carbocycles. The van der Waals surface area contributed by atoms with Crippen molar-refractivity contribution in [3.63, 3.8) is 0 Å². The molecule has 1 aromatic heterocycles. The molecule has 3 rings (SSSR count). The van der Waals surface area contributed by atoms with Gasteiger partial charge in [-0.25, -0.2) is 0 Å². The van der Waals surface area contributed by atoms with Crippen molar-refractivity contribution in [2.24, 2.45) is 0 Å². The van der Waals surface area contributed by atoms with Gasteiger partial charge in [0.05, 0.1) is 12.4 Å². The van der Waals surface area contributed by atoms with Gasteiger partial charge in [0.15, 0.2) is 22.5 Å². The fraction of sp³-hybridized carbons (Fsp3) is 0.348. The van der Waals surface area contributed by atoms with Crippen LogP contribution < -0.4 is 14.8 Å². The van der Waals surface area contributed by atoms with Gasteiger partial charge in [-0.05, 0) is 57.5 Å². The van der Waals surface area contributed by atoms with E-state index >= 15 is 0 Å². The minimum Gasteiger partial charge on any atom is -0.490 e. The van der Waals surface area contributed by atoms with E-state index in [1.807, 2.05) is 74.7 Å². The lowest BCUT2D eigenvalue weighted by atomic mass is 10.2. The Kier molecular flexibility index (Phi) is 7.94. The summed E-state index contributed by atoms with van der Waals surface area (Å²) in [6.45, 7) is 9.49. The lowest BCUT2D eigenvalue weighted by molar-refractivity contribution is -0.113. The second-order valence-corrected chi connectivity index (χ2v) is 7.96. The predicted octanol–water partition coefficient (Wildman–Crippen LogP) is 4.62. The second kappa shape index (κ2) is 10.9. The van der Waals surface area contributed by atoms with Crippen molar-refractivity contribution < 1.29 is 14.3 Å². The topological polar surface area (TPSA) is 78.3 Å². The van der Waals surface area contributed by atoms with E-state index in [1.54, 1.807) is 0 Å². The summed E-state index contributed by atoms with van der Waals surface area (Å²) < 4.78 is 13.6. The Balaban J connectivity index is 1.60. The quantitative estimate of drug-likeness (QED) is 0.464. The number of anilines is 1. The van der Waals surface area contributed by atoms with Crippen molar-refractivity contribution in [1.82, 2.24) is 14.8 Å². The molecule has 0 spiro atoms. The van der Waals surface area contributed by atoms with Gasteiger partial charge in [0.2, 0.25) is 5.91 Å². The molecule has 0 aliphatic heterocycles. The number of ether oxygens (including phenoxy) is 2. The molecule has 0 saturated heterocycles. The molecule has 3 aromatic rings. The molecule has 0 aliphatic carbocycles. The lowest BCUT2D eigenvalue weighted by Crippen LogP contribution is -2.15. The number of benzene rings is 2. The van der Waals surface area contributed by atoms with E-state index in [0.29, 0.717) is 35.6 Å². The Morgan fingerprint density at radius 2 is 1.74 bits per heavy atom. The normalized spacial score (nSPS) is 10.7. The zero-order valence-corrected chi connectivity index (χ0v) is 19.2. The highest BCUT2D eigenvalue weighted by Gasteiger charge is 2.15. The number of carbonyl (C=O) groups excluding carboxylic acids is 1. The number of nitrogens with zero attached hydrogens (tertiary/aromatic N) is 3. The number of hydrogen-bond acceptors (Lipinski definition) is 6. The molecular weight excluding hydrogens is 412 g/mol. The fourth-order valence-electron chi connectivity index (χ4n) is 2.96. The van der Waals surface area contributed by atoms with Crippen LogP contribution in [0, 0.1) is 13.8 Å².